The van der Waals surface area contributed by atoms with E-state index in [1.54, 1.807) is 0 Å². The van der Waals surface area contributed by atoms with E-state index in [9.17, 15) is 8.42 Å². The standard InChI is InChI=1S/C10H14ClN3O2S2/c1-13(4-6-18(2,15)16)9-8(7-11)14-3-5-17-10(14)12-9/h3,5H,4,6-7H2,1-2H3. The molecule has 0 saturated heterocycles. The molecular formula is C10H14ClN3O2S2. The molecule has 2 heterocycles. The Bertz CT molecular complexity index is 647. The minimum Gasteiger partial charge on any atom is -0.357 e. The van der Waals surface area contributed by atoms with Crippen LogP contribution in [0.1, 0.15) is 5.69 Å². The van der Waals surface area contributed by atoms with Crippen LogP contribution in [0.15, 0.2) is 11.6 Å². The fraction of sp³-hybridized carbons (Fsp3) is 0.500. The molecule has 0 unspecified atom stereocenters. The summed E-state index contributed by atoms with van der Waals surface area (Å²) in [4.78, 5) is 7.17. The molecule has 2 aromatic heterocycles. The van der Waals surface area contributed by atoms with Gasteiger partial charge in [-0.25, -0.2) is 13.4 Å². The van der Waals surface area contributed by atoms with Crippen LogP contribution in [0.3, 0.4) is 0 Å². The highest BCUT2D eigenvalue weighted by molar-refractivity contribution is 7.90. The van der Waals surface area contributed by atoms with E-state index >= 15 is 0 Å². The zero-order valence-electron chi connectivity index (χ0n) is 10.1. The molecule has 2 aromatic rings. The molecule has 5 nitrogen and oxygen atoms in total. The van der Waals surface area contributed by atoms with Crippen LogP contribution in [0.5, 0.6) is 0 Å². The number of imidazole rings is 1. The molecule has 2 rings (SSSR count). The van der Waals surface area contributed by atoms with Gasteiger partial charge in [0.05, 0.1) is 17.3 Å². The first-order valence-electron chi connectivity index (χ1n) is 5.31. The highest BCUT2D eigenvalue weighted by Gasteiger charge is 2.16. The number of halogens is 1. The fourth-order valence-corrected chi connectivity index (χ4v) is 3.24. The number of thiazole rings is 1. The summed E-state index contributed by atoms with van der Waals surface area (Å²) in [6.07, 6.45) is 3.15. The Kier molecular flexibility index (Phi) is 3.84. The maximum atomic E-state index is 11.2. The van der Waals surface area contributed by atoms with E-state index in [4.69, 9.17) is 11.6 Å². The highest BCUT2D eigenvalue weighted by Crippen LogP contribution is 2.25. The average Bonchev–Trinajstić information content (AvgIpc) is 2.83. The lowest BCUT2D eigenvalue weighted by molar-refractivity contribution is 0.601. The van der Waals surface area contributed by atoms with Crippen molar-refractivity contribution in [2.75, 3.05) is 30.5 Å². The van der Waals surface area contributed by atoms with E-state index in [2.05, 4.69) is 4.98 Å². The summed E-state index contributed by atoms with van der Waals surface area (Å²) in [5, 5.41) is 1.94. The van der Waals surface area contributed by atoms with Gasteiger partial charge in [0.25, 0.3) is 0 Å². The third-order valence-electron chi connectivity index (χ3n) is 2.63. The van der Waals surface area contributed by atoms with Crippen LogP contribution < -0.4 is 4.90 Å². The second kappa shape index (κ2) is 5.07. The summed E-state index contributed by atoms with van der Waals surface area (Å²) in [5.41, 5.74) is 0.893. The van der Waals surface area contributed by atoms with Gasteiger partial charge in [0.2, 0.25) is 0 Å². The van der Waals surface area contributed by atoms with Crippen molar-refractivity contribution in [3.8, 4) is 0 Å². The summed E-state index contributed by atoms with van der Waals surface area (Å²) >= 11 is 7.47. The van der Waals surface area contributed by atoms with E-state index in [0.717, 1.165) is 16.5 Å². The van der Waals surface area contributed by atoms with Crippen molar-refractivity contribution in [3.05, 3.63) is 17.3 Å². The van der Waals surface area contributed by atoms with Crippen LogP contribution in [0, 0.1) is 0 Å². The predicted octanol–water partition coefficient (Wildman–Crippen LogP) is 1.62. The largest absolute Gasteiger partial charge is 0.357 e. The van der Waals surface area contributed by atoms with Crippen LogP contribution in [0.25, 0.3) is 4.96 Å². The Balaban J connectivity index is 2.26. The summed E-state index contributed by atoms with van der Waals surface area (Å²) in [6, 6.07) is 0. The SMILES string of the molecule is CN(CCS(C)(=O)=O)c1nc2sccn2c1CCl. The van der Waals surface area contributed by atoms with Gasteiger partial charge in [0.15, 0.2) is 10.8 Å². The molecule has 0 N–H and O–H groups in total. The Hall–Kier alpha value is -0.790. The van der Waals surface area contributed by atoms with Crippen molar-refractivity contribution in [2.45, 2.75) is 5.88 Å². The molecule has 0 saturated carbocycles. The van der Waals surface area contributed by atoms with E-state index in [1.807, 2.05) is 27.9 Å². The van der Waals surface area contributed by atoms with Crippen molar-refractivity contribution in [2.24, 2.45) is 0 Å². The van der Waals surface area contributed by atoms with Crippen molar-refractivity contribution in [3.63, 3.8) is 0 Å². The molecule has 0 radical (unpaired) electrons. The quantitative estimate of drug-likeness (QED) is 0.788. The summed E-state index contributed by atoms with van der Waals surface area (Å²) in [7, 11) is -1.14. The van der Waals surface area contributed by atoms with Gasteiger partial charge in [-0.3, -0.25) is 4.40 Å². The van der Waals surface area contributed by atoms with Gasteiger partial charge < -0.3 is 4.90 Å². The molecule has 0 aliphatic heterocycles. The van der Waals surface area contributed by atoms with Crippen molar-refractivity contribution >= 4 is 43.6 Å². The average molecular weight is 308 g/mol. The lowest BCUT2D eigenvalue weighted by Crippen LogP contribution is -2.26. The maximum Gasteiger partial charge on any atom is 0.195 e. The third kappa shape index (κ3) is 2.78. The van der Waals surface area contributed by atoms with Crippen LogP contribution in [0.4, 0.5) is 5.82 Å². The lowest BCUT2D eigenvalue weighted by atomic mass is 10.4. The normalized spacial score (nSPS) is 12.2. The minimum absolute atomic E-state index is 0.108. The minimum atomic E-state index is -2.97. The smallest absolute Gasteiger partial charge is 0.195 e. The molecule has 100 valence electrons. The van der Waals surface area contributed by atoms with Crippen molar-refractivity contribution in [1.82, 2.24) is 9.38 Å². The van der Waals surface area contributed by atoms with Crippen LogP contribution in [0.2, 0.25) is 0 Å². The highest BCUT2D eigenvalue weighted by atomic mass is 35.5. The summed E-state index contributed by atoms with van der Waals surface area (Å²) in [6.45, 7) is 0.410. The number of hydrogen-bond acceptors (Lipinski definition) is 5. The zero-order valence-corrected chi connectivity index (χ0v) is 12.5. The molecule has 0 aliphatic carbocycles. The van der Waals surface area contributed by atoms with Crippen LogP contribution >= 0.6 is 22.9 Å². The van der Waals surface area contributed by atoms with Gasteiger partial charge >= 0.3 is 0 Å². The molecular weight excluding hydrogens is 294 g/mol. The number of fused-ring (bicyclic) bond motifs is 1. The van der Waals surface area contributed by atoms with E-state index in [0.29, 0.717) is 12.4 Å². The Morgan fingerprint density at radius 1 is 1.56 bits per heavy atom. The predicted molar refractivity (Wildman–Crippen MR) is 75.6 cm³/mol. The van der Waals surface area contributed by atoms with Gasteiger partial charge in [-0.15, -0.1) is 22.9 Å². The van der Waals surface area contributed by atoms with Crippen LogP contribution in [-0.4, -0.2) is 43.4 Å². The van der Waals surface area contributed by atoms with Gasteiger partial charge in [-0.2, -0.15) is 0 Å². The number of sulfone groups is 1. The number of rotatable bonds is 5. The number of aromatic nitrogens is 2. The molecule has 8 heteroatoms. The number of hydrogen-bond donors (Lipinski definition) is 0. The molecule has 0 amide bonds. The summed E-state index contributed by atoms with van der Waals surface area (Å²) in [5.74, 6) is 1.20. The molecule has 0 atom stereocenters. The molecule has 0 bridgehead atoms. The van der Waals surface area contributed by atoms with Gasteiger partial charge in [0, 0.05) is 31.4 Å². The summed E-state index contributed by atoms with van der Waals surface area (Å²) < 4.78 is 24.3. The number of anilines is 1. The first-order chi connectivity index (χ1) is 8.42. The molecule has 0 spiro atoms. The van der Waals surface area contributed by atoms with Gasteiger partial charge in [-0.05, 0) is 0 Å². The fourth-order valence-electron chi connectivity index (χ4n) is 1.66. The topological polar surface area (TPSA) is 54.7 Å². The van der Waals surface area contributed by atoms with Crippen molar-refractivity contribution < 1.29 is 8.42 Å². The monoisotopic (exact) mass is 307 g/mol. The van der Waals surface area contributed by atoms with Gasteiger partial charge in [-0.1, -0.05) is 0 Å². The molecule has 18 heavy (non-hydrogen) atoms. The van der Waals surface area contributed by atoms with E-state index in [-0.39, 0.29) is 5.75 Å². The van der Waals surface area contributed by atoms with Crippen LogP contribution in [-0.2, 0) is 15.7 Å². The molecule has 0 fully saturated rings. The maximum absolute atomic E-state index is 11.2. The number of alkyl halides is 1. The molecule has 0 aromatic carbocycles. The molecule has 0 aliphatic rings. The van der Waals surface area contributed by atoms with Crippen molar-refractivity contribution in [1.29, 1.82) is 0 Å². The van der Waals surface area contributed by atoms with E-state index < -0.39 is 9.84 Å². The Morgan fingerprint density at radius 3 is 2.89 bits per heavy atom. The second-order valence-electron chi connectivity index (χ2n) is 4.12. The Morgan fingerprint density at radius 2 is 2.28 bits per heavy atom. The number of nitrogens with zero attached hydrogens (tertiary/aromatic N) is 3. The first kappa shape index (κ1) is 13.6. The second-order valence-corrected chi connectivity index (χ2v) is 7.52. The Labute approximate surface area is 115 Å². The van der Waals surface area contributed by atoms with Gasteiger partial charge in [0.1, 0.15) is 9.84 Å². The first-order valence-corrected chi connectivity index (χ1v) is 8.79. The lowest BCUT2D eigenvalue weighted by Gasteiger charge is -2.17. The van der Waals surface area contributed by atoms with E-state index in [1.165, 1.54) is 17.6 Å². The third-order valence-corrected chi connectivity index (χ3v) is 4.56. The zero-order chi connectivity index (χ0) is 13.3.